The van der Waals surface area contributed by atoms with E-state index in [1.807, 2.05) is 31.2 Å². The molecule has 2 N–H and O–H groups in total. The van der Waals surface area contributed by atoms with E-state index in [4.69, 9.17) is 22.1 Å². The normalized spacial score (nSPS) is 13.8. The Balaban J connectivity index is 2.32. The maximum Gasteiger partial charge on any atom is 0.139 e. The van der Waals surface area contributed by atoms with Crippen LogP contribution in [0.15, 0.2) is 42.5 Å². The van der Waals surface area contributed by atoms with Gasteiger partial charge in [0.25, 0.3) is 0 Å². The highest BCUT2D eigenvalue weighted by molar-refractivity contribution is 6.30. The van der Waals surface area contributed by atoms with Crippen molar-refractivity contribution < 1.29 is 4.74 Å². The van der Waals surface area contributed by atoms with Crippen molar-refractivity contribution in [3.05, 3.63) is 64.2 Å². The van der Waals surface area contributed by atoms with Crippen LogP contribution in [0.25, 0.3) is 0 Å². The highest BCUT2D eigenvalue weighted by Gasteiger charge is 2.21. The molecule has 112 valence electrons. The van der Waals surface area contributed by atoms with Crippen LogP contribution in [0.5, 0.6) is 5.75 Å². The first kappa shape index (κ1) is 15.9. The SMILES string of the molecule is CCC(N)C(Oc1cc(C)ccc1C)c1ccc(Cl)cc1. The number of aryl methyl sites for hydroxylation is 2. The quantitative estimate of drug-likeness (QED) is 0.860. The molecule has 0 bridgehead atoms. The van der Waals surface area contributed by atoms with Crippen molar-refractivity contribution in [1.29, 1.82) is 0 Å². The Morgan fingerprint density at radius 1 is 1.10 bits per heavy atom. The molecule has 2 nitrogen and oxygen atoms in total. The fourth-order valence-electron chi connectivity index (χ4n) is 2.24. The van der Waals surface area contributed by atoms with E-state index in [0.717, 1.165) is 23.3 Å². The summed E-state index contributed by atoms with van der Waals surface area (Å²) in [6.07, 6.45) is 0.672. The molecule has 0 saturated carbocycles. The Morgan fingerprint density at radius 3 is 2.38 bits per heavy atom. The number of rotatable bonds is 5. The van der Waals surface area contributed by atoms with Gasteiger partial charge in [-0.05, 0) is 55.2 Å². The fourth-order valence-corrected chi connectivity index (χ4v) is 2.37. The predicted octanol–water partition coefficient (Wildman–Crippen LogP) is 4.81. The van der Waals surface area contributed by atoms with Crippen LogP contribution in [0.4, 0.5) is 0 Å². The molecule has 2 aromatic carbocycles. The van der Waals surface area contributed by atoms with Gasteiger partial charge in [-0.2, -0.15) is 0 Å². The summed E-state index contributed by atoms with van der Waals surface area (Å²) < 4.78 is 6.24. The van der Waals surface area contributed by atoms with E-state index < -0.39 is 0 Å². The van der Waals surface area contributed by atoms with Crippen LogP contribution in [0.1, 0.15) is 36.1 Å². The maximum absolute atomic E-state index is 6.27. The second-order valence-electron chi connectivity index (χ2n) is 5.43. The summed E-state index contributed by atoms with van der Waals surface area (Å²) in [6, 6.07) is 13.9. The molecule has 2 rings (SSSR count). The fraction of sp³-hybridized carbons (Fsp3) is 0.333. The average molecular weight is 304 g/mol. The summed E-state index contributed by atoms with van der Waals surface area (Å²) >= 11 is 5.96. The zero-order valence-electron chi connectivity index (χ0n) is 12.8. The highest BCUT2D eigenvalue weighted by atomic mass is 35.5. The van der Waals surface area contributed by atoms with Gasteiger partial charge >= 0.3 is 0 Å². The van der Waals surface area contributed by atoms with Gasteiger partial charge in [-0.1, -0.05) is 42.8 Å². The molecular weight excluding hydrogens is 282 g/mol. The molecule has 0 amide bonds. The third-order valence-electron chi connectivity index (χ3n) is 3.66. The van der Waals surface area contributed by atoms with E-state index in [1.54, 1.807) is 0 Å². The molecule has 3 heteroatoms. The van der Waals surface area contributed by atoms with Crippen molar-refractivity contribution in [2.45, 2.75) is 39.3 Å². The van der Waals surface area contributed by atoms with Crippen molar-refractivity contribution in [3.8, 4) is 5.75 Å². The standard InChI is InChI=1S/C18H22ClNO/c1-4-16(20)18(14-7-9-15(19)10-8-14)21-17-11-12(2)5-6-13(17)3/h5-11,16,18H,4,20H2,1-3H3. The van der Waals surface area contributed by atoms with E-state index in [9.17, 15) is 0 Å². The summed E-state index contributed by atoms with van der Waals surface area (Å²) in [5.41, 5.74) is 9.61. The third-order valence-corrected chi connectivity index (χ3v) is 3.91. The topological polar surface area (TPSA) is 35.2 Å². The van der Waals surface area contributed by atoms with Gasteiger partial charge in [0, 0.05) is 11.1 Å². The lowest BCUT2D eigenvalue weighted by molar-refractivity contribution is 0.170. The van der Waals surface area contributed by atoms with Crippen molar-refractivity contribution in [2.75, 3.05) is 0 Å². The van der Waals surface area contributed by atoms with E-state index in [1.165, 1.54) is 5.56 Å². The first-order valence-electron chi connectivity index (χ1n) is 7.26. The second-order valence-corrected chi connectivity index (χ2v) is 5.87. The smallest absolute Gasteiger partial charge is 0.139 e. The van der Waals surface area contributed by atoms with Crippen LogP contribution in [-0.4, -0.2) is 6.04 Å². The summed E-state index contributed by atoms with van der Waals surface area (Å²) in [4.78, 5) is 0. The number of benzene rings is 2. The number of ether oxygens (including phenoxy) is 1. The predicted molar refractivity (Wildman–Crippen MR) is 89.0 cm³/mol. The molecular formula is C18H22ClNO. The van der Waals surface area contributed by atoms with Gasteiger partial charge in [-0.25, -0.2) is 0 Å². The van der Waals surface area contributed by atoms with Crippen molar-refractivity contribution in [3.63, 3.8) is 0 Å². The van der Waals surface area contributed by atoms with Crippen molar-refractivity contribution >= 4 is 11.6 Å². The second kappa shape index (κ2) is 6.97. The average Bonchev–Trinajstić information content (AvgIpc) is 2.48. The molecule has 2 unspecified atom stereocenters. The van der Waals surface area contributed by atoms with Gasteiger partial charge in [-0.3, -0.25) is 0 Å². The van der Waals surface area contributed by atoms with Crippen LogP contribution >= 0.6 is 11.6 Å². The Kier molecular flexibility index (Phi) is 5.27. The number of hydrogen-bond donors (Lipinski definition) is 1. The Hall–Kier alpha value is -1.51. The molecule has 0 aromatic heterocycles. The lowest BCUT2D eigenvalue weighted by Gasteiger charge is -2.26. The third kappa shape index (κ3) is 3.99. The van der Waals surface area contributed by atoms with Gasteiger partial charge in [0.15, 0.2) is 0 Å². The maximum atomic E-state index is 6.27. The van der Waals surface area contributed by atoms with E-state index in [0.29, 0.717) is 5.02 Å². The summed E-state index contributed by atoms with van der Waals surface area (Å²) in [5, 5.41) is 0.717. The lowest BCUT2D eigenvalue weighted by atomic mass is 10.0. The van der Waals surface area contributed by atoms with Crippen molar-refractivity contribution in [2.24, 2.45) is 5.73 Å². The van der Waals surface area contributed by atoms with Gasteiger partial charge in [0.1, 0.15) is 11.9 Å². The van der Waals surface area contributed by atoms with Gasteiger partial charge in [0.2, 0.25) is 0 Å². The van der Waals surface area contributed by atoms with E-state index >= 15 is 0 Å². The zero-order valence-corrected chi connectivity index (χ0v) is 13.5. The van der Waals surface area contributed by atoms with Crippen LogP contribution < -0.4 is 10.5 Å². The molecule has 0 radical (unpaired) electrons. The molecule has 0 aliphatic carbocycles. The molecule has 0 aliphatic rings. The largest absolute Gasteiger partial charge is 0.484 e. The molecule has 0 aliphatic heterocycles. The molecule has 0 saturated heterocycles. The molecule has 21 heavy (non-hydrogen) atoms. The Bertz CT molecular complexity index is 595. The molecule has 0 heterocycles. The Labute approximate surface area is 131 Å². The van der Waals surface area contributed by atoms with Gasteiger partial charge < -0.3 is 10.5 Å². The van der Waals surface area contributed by atoms with Gasteiger partial charge in [-0.15, -0.1) is 0 Å². The van der Waals surface area contributed by atoms with Crippen LogP contribution in [0, 0.1) is 13.8 Å². The molecule has 0 fully saturated rings. The first-order valence-corrected chi connectivity index (χ1v) is 7.64. The highest BCUT2D eigenvalue weighted by Crippen LogP contribution is 2.29. The van der Waals surface area contributed by atoms with Crippen LogP contribution in [-0.2, 0) is 0 Å². The lowest BCUT2D eigenvalue weighted by Crippen LogP contribution is -2.31. The Morgan fingerprint density at radius 2 is 1.76 bits per heavy atom. The molecule has 2 aromatic rings. The van der Waals surface area contributed by atoms with Crippen LogP contribution in [0.3, 0.4) is 0 Å². The van der Waals surface area contributed by atoms with Gasteiger partial charge in [0.05, 0.1) is 0 Å². The van der Waals surface area contributed by atoms with E-state index in [2.05, 4.69) is 32.0 Å². The minimum absolute atomic E-state index is 0.0638. The first-order chi connectivity index (χ1) is 10.0. The minimum atomic E-state index is -0.173. The van der Waals surface area contributed by atoms with E-state index in [-0.39, 0.29) is 12.1 Å². The summed E-state index contributed by atoms with van der Waals surface area (Å²) in [7, 11) is 0. The number of nitrogens with two attached hydrogens (primary N) is 1. The minimum Gasteiger partial charge on any atom is -0.484 e. The summed E-state index contributed by atoms with van der Waals surface area (Å²) in [5.74, 6) is 0.888. The summed E-state index contributed by atoms with van der Waals surface area (Å²) in [6.45, 7) is 6.18. The van der Waals surface area contributed by atoms with Crippen molar-refractivity contribution in [1.82, 2.24) is 0 Å². The number of halogens is 1. The monoisotopic (exact) mass is 303 g/mol. The zero-order chi connectivity index (χ0) is 15.4. The molecule has 0 spiro atoms. The molecule has 2 atom stereocenters. The van der Waals surface area contributed by atoms with Crippen LogP contribution in [0.2, 0.25) is 5.02 Å². The number of hydrogen-bond acceptors (Lipinski definition) is 2.